The van der Waals surface area contributed by atoms with Crippen molar-refractivity contribution in [1.82, 2.24) is 19.6 Å². The second-order valence-corrected chi connectivity index (χ2v) is 6.79. The molecule has 3 heterocycles. The van der Waals surface area contributed by atoms with E-state index in [0.717, 1.165) is 69.6 Å². The molecular weight excluding hydrogens is 314 g/mol. The zero-order valence-corrected chi connectivity index (χ0v) is 14.5. The number of hydrogen-bond acceptors (Lipinski definition) is 7. The molecule has 1 aromatic rings. The number of nitrogens with zero attached hydrogens (tertiary/aromatic N) is 4. The number of aryl methyl sites for hydroxylation is 1. The highest BCUT2D eigenvalue weighted by Gasteiger charge is 2.23. The van der Waals surface area contributed by atoms with Gasteiger partial charge in [0.25, 0.3) is 0 Å². The summed E-state index contributed by atoms with van der Waals surface area (Å²) in [6.07, 6.45) is 2.73. The van der Waals surface area contributed by atoms with Gasteiger partial charge >= 0.3 is 0 Å². The van der Waals surface area contributed by atoms with Crippen LogP contribution in [0.4, 0.5) is 5.13 Å². The summed E-state index contributed by atoms with van der Waals surface area (Å²) in [5.74, 6) is 1.05. The Morgan fingerprint density at radius 3 is 2.70 bits per heavy atom. The lowest BCUT2D eigenvalue weighted by Gasteiger charge is -2.34. The molecule has 2 fully saturated rings. The molecule has 0 saturated carbocycles. The van der Waals surface area contributed by atoms with Crippen LogP contribution in [-0.4, -0.2) is 72.1 Å². The molecule has 1 amide bonds. The van der Waals surface area contributed by atoms with E-state index in [2.05, 4.69) is 31.4 Å². The molecule has 8 heteroatoms. The number of amides is 1. The third-order valence-corrected chi connectivity index (χ3v) is 5.18. The van der Waals surface area contributed by atoms with Crippen molar-refractivity contribution in [2.24, 2.45) is 0 Å². The van der Waals surface area contributed by atoms with Crippen LogP contribution in [-0.2, 0) is 16.0 Å². The predicted molar refractivity (Wildman–Crippen MR) is 89.9 cm³/mol. The highest BCUT2D eigenvalue weighted by molar-refractivity contribution is 7.09. The van der Waals surface area contributed by atoms with Crippen molar-refractivity contribution in [3.8, 4) is 0 Å². The van der Waals surface area contributed by atoms with E-state index in [1.165, 1.54) is 11.5 Å². The number of nitrogens with one attached hydrogen (secondary N) is 1. The second kappa shape index (κ2) is 8.03. The fourth-order valence-corrected chi connectivity index (χ4v) is 3.73. The van der Waals surface area contributed by atoms with Crippen LogP contribution in [0.15, 0.2) is 0 Å². The van der Waals surface area contributed by atoms with E-state index in [4.69, 9.17) is 4.74 Å². The van der Waals surface area contributed by atoms with Crippen LogP contribution in [0.3, 0.4) is 0 Å². The third kappa shape index (κ3) is 4.62. The van der Waals surface area contributed by atoms with Gasteiger partial charge in [-0.1, -0.05) is 6.92 Å². The Kier molecular flexibility index (Phi) is 5.80. The van der Waals surface area contributed by atoms with Crippen LogP contribution in [0.25, 0.3) is 0 Å². The Morgan fingerprint density at radius 2 is 2.04 bits per heavy atom. The minimum atomic E-state index is 0.134. The molecule has 2 saturated heterocycles. The van der Waals surface area contributed by atoms with E-state index in [1.54, 1.807) is 0 Å². The average molecular weight is 339 g/mol. The summed E-state index contributed by atoms with van der Waals surface area (Å²) in [6, 6.07) is 0.284. The molecule has 1 N–H and O–H groups in total. The largest absolute Gasteiger partial charge is 0.381 e. The van der Waals surface area contributed by atoms with Gasteiger partial charge in [-0.25, -0.2) is 4.98 Å². The zero-order valence-electron chi connectivity index (χ0n) is 13.7. The Labute approximate surface area is 141 Å². The summed E-state index contributed by atoms with van der Waals surface area (Å²) in [7, 11) is 0. The number of ether oxygens (including phenoxy) is 1. The van der Waals surface area contributed by atoms with Gasteiger partial charge < -0.3 is 15.0 Å². The molecule has 1 aromatic heterocycles. The van der Waals surface area contributed by atoms with Gasteiger partial charge in [-0.15, -0.1) is 0 Å². The van der Waals surface area contributed by atoms with E-state index in [9.17, 15) is 4.79 Å². The van der Waals surface area contributed by atoms with Crippen LogP contribution >= 0.6 is 11.5 Å². The van der Waals surface area contributed by atoms with E-state index < -0.39 is 0 Å². The summed E-state index contributed by atoms with van der Waals surface area (Å²) in [5.41, 5.74) is 0. The van der Waals surface area contributed by atoms with Crippen LogP contribution in [0.5, 0.6) is 0 Å². The maximum Gasteiger partial charge on any atom is 0.234 e. The Hall–Kier alpha value is -1.25. The quantitative estimate of drug-likeness (QED) is 0.843. The fourth-order valence-electron chi connectivity index (χ4n) is 2.93. The summed E-state index contributed by atoms with van der Waals surface area (Å²) in [6.45, 7) is 7.66. The maximum atomic E-state index is 12.1. The second-order valence-electron chi connectivity index (χ2n) is 6.06. The van der Waals surface area contributed by atoms with Crippen molar-refractivity contribution in [2.45, 2.75) is 32.2 Å². The van der Waals surface area contributed by atoms with Crippen molar-refractivity contribution in [2.75, 3.05) is 50.8 Å². The van der Waals surface area contributed by atoms with E-state index >= 15 is 0 Å². The Bertz CT molecular complexity index is 510. The number of anilines is 1. The molecule has 128 valence electrons. The van der Waals surface area contributed by atoms with Gasteiger partial charge in [-0.2, -0.15) is 4.37 Å². The molecule has 0 unspecified atom stereocenters. The first-order valence-corrected chi connectivity index (χ1v) is 9.19. The van der Waals surface area contributed by atoms with Crippen molar-refractivity contribution in [3.63, 3.8) is 0 Å². The number of carbonyl (C=O) groups excluding carboxylic acids is 1. The molecule has 0 aromatic carbocycles. The molecule has 0 radical (unpaired) electrons. The molecule has 7 nitrogen and oxygen atoms in total. The van der Waals surface area contributed by atoms with Crippen LogP contribution in [0, 0.1) is 0 Å². The molecule has 0 aliphatic carbocycles. The average Bonchev–Trinajstić information content (AvgIpc) is 3.05. The minimum absolute atomic E-state index is 0.134. The zero-order chi connectivity index (χ0) is 16.1. The minimum Gasteiger partial charge on any atom is -0.381 e. The summed E-state index contributed by atoms with van der Waals surface area (Å²) >= 11 is 1.47. The molecule has 0 bridgehead atoms. The monoisotopic (exact) mass is 339 g/mol. The summed E-state index contributed by atoms with van der Waals surface area (Å²) < 4.78 is 9.66. The van der Waals surface area contributed by atoms with Gasteiger partial charge in [0, 0.05) is 63.4 Å². The van der Waals surface area contributed by atoms with Crippen LogP contribution in [0.2, 0.25) is 0 Å². The predicted octanol–water partition coefficient (Wildman–Crippen LogP) is 0.518. The SMILES string of the molecule is CCc1nsc(N2CCN(CC(=O)NC3CCOCC3)CC2)n1. The number of carbonyl (C=O) groups is 1. The molecular formula is C15H25N5O2S. The fraction of sp³-hybridized carbons (Fsp3) is 0.800. The highest BCUT2D eigenvalue weighted by atomic mass is 32.1. The van der Waals surface area contributed by atoms with Crippen LogP contribution < -0.4 is 10.2 Å². The molecule has 3 rings (SSSR count). The Balaban J connectivity index is 1.40. The van der Waals surface area contributed by atoms with Gasteiger partial charge in [-0.05, 0) is 12.8 Å². The summed E-state index contributed by atoms with van der Waals surface area (Å²) in [5, 5.41) is 4.13. The highest BCUT2D eigenvalue weighted by Crippen LogP contribution is 2.19. The first kappa shape index (κ1) is 16.6. The normalized spacial score (nSPS) is 20.7. The van der Waals surface area contributed by atoms with E-state index in [1.807, 2.05) is 0 Å². The van der Waals surface area contributed by atoms with Gasteiger partial charge in [-0.3, -0.25) is 9.69 Å². The van der Waals surface area contributed by atoms with E-state index in [0.29, 0.717) is 6.54 Å². The molecule has 23 heavy (non-hydrogen) atoms. The summed E-state index contributed by atoms with van der Waals surface area (Å²) in [4.78, 5) is 21.2. The third-order valence-electron chi connectivity index (χ3n) is 4.37. The number of hydrogen-bond donors (Lipinski definition) is 1. The topological polar surface area (TPSA) is 70.6 Å². The van der Waals surface area contributed by atoms with E-state index in [-0.39, 0.29) is 11.9 Å². The molecule has 0 atom stereocenters. The molecule has 0 spiro atoms. The van der Waals surface area contributed by atoms with Gasteiger partial charge in [0.2, 0.25) is 11.0 Å². The smallest absolute Gasteiger partial charge is 0.234 e. The molecule has 2 aliphatic heterocycles. The lowest BCUT2D eigenvalue weighted by atomic mass is 10.1. The van der Waals surface area contributed by atoms with Crippen molar-refractivity contribution < 1.29 is 9.53 Å². The van der Waals surface area contributed by atoms with Crippen molar-refractivity contribution in [3.05, 3.63) is 5.82 Å². The van der Waals surface area contributed by atoms with Gasteiger partial charge in [0.15, 0.2) is 0 Å². The van der Waals surface area contributed by atoms with Crippen LogP contribution in [0.1, 0.15) is 25.6 Å². The van der Waals surface area contributed by atoms with Gasteiger partial charge in [0.1, 0.15) is 5.82 Å². The maximum absolute atomic E-state index is 12.1. The number of rotatable bonds is 5. The standard InChI is InChI=1S/C15H25N5O2S/c1-2-13-17-15(23-18-13)20-7-5-19(6-8-20)11-14(21)16-12-3-9-22-10-4-12/h12H,2-11H2,1H3,(H,16,21). The first-order chi connectivity index (χ1) is 11.2. The lowest BCUT2D eigenvalue weighted by Crippen LogP contribution is -2.51. The lowest BCUT2D eigenvalue weighted by molar-refractivity contribution is -0.123. The molecule has 2 aliphatic rings. The first-order valence-electron chi connectivity index (χ1n) is 8.41. The number of aromatic nitrogens is 2. The van der Waals surface area contributed by atoms with Crippen molar-refractivity contribution in [1.29, 1.82) is 0 Å². The number of piperazine rings is 1. The van der Waals surface area contributed by atoms with Crippen molar-refractivity contribution >= 4 is 22.6 Å². The Morgan fingerprint density at radius 1 is 1.30 bits per heavy atom. The van der Waals surface area contributed by atoms with Gasteiger partial charge in [0.05, 0.1) is 6.54 Å².